The zero-order valence-electron chi connectivity index (χ0n) is 11.4. The molecule has 1 amide bonds. The van der Waals surface area contributed by atoms with Crippen molar-refractivity contribution < 1.29 is 14.7 Å². The molecule has 1 aliphatic carbocycles. The molecule has 1 aliphatic rings. The zero-order valence-corrected chi connectivity index (χ0v) is 12.2. The largest absolute Gasteiger partial charge is 0.480 e. The summed E-state index contributed by atoms with van der Waals surface area (Å²) in [5.41, 5.74) is 0.966. The summed E-state index contributed by atoms with van der Waals surface area (Å²) in [6.07, 6.45) is 1.99. The Hall–Kier alpha value is -2.41. The van der Waals surface area contributed by atoms with Gasteiger partial charge in [0, 0.05) is 10.9 Å². The Balaban J connectivity index is 1.61. The van der Waals surface area contributed by atoms with Crippen LogP contribution in [0, 0.1) is 5.92 Å². The van der Waals surface area contributed by atoms with Crippen molar-refractivity contribution in [1.29, 1.82) is 0 Å². The number of rotatable bonds is 5. The first-order valence-corrected chi connectivity index (χ1v) is 7.09. The molecule has 1 saturated carbocycles. The summed E-state index contributed by atoms with van der Waals surface area (Å²) in [4.78, 5) is 26.6. The fourth-order valence-electron chi connectivity index (χ4n) is 2.37. The fraction of sp³-hybridized carbons (Fsp3) is 0.286. The van der Waals surface area contributed by atoms with Crippen molar-refractivity contribution in [2.75, 3.05) is 5.32 Å². The molecule has 1 fully saturated rings. The predicted octanol–water partition coefficient (Wildman–Crippen LogP) is 1.76. The van der Waals surface area contributed by atoms with Crippen LogP contribution >= 0.6 is 11.6 Å². The lowest BCUT2D eigenvalue weighted by Crippen LogP contribution is -2.16. The van der Waals surface area contributed by atoms with E-state index in [9.17, 15) is 9.59 Å². The molecule has 2 atom stereocenters. The van der Waals surface area contributed by atoms with E-state index in [-0.39, 0.29) is 30.2 Å². The zero-order chi connectivity index (χ0) is 15.7. The van der Waals surface area contributed by atoms with E-state index in [0.29, 0.717) is 5.02 Å². The van der Waals surface area contributed by atoms with Gasteiger partial charge in [-0.1, -0.05) is 29.8 Å². The Morgan fingerprint density at radius 2 is 2.18 bits per heavy atom. The average molecular weight is 321 g/mol. The number of carboxylic acids is 1. The maximum Gasteiger partial charge on any atom is 0.325 e. The number of nitrogens with one attached hydrogen (secondary N) is 1. The van der Waals surface area contributed by atoms with Crippen LogP contribution in [0.4, 0.5) is 5.95 Å². The Kier molecular flexibility index (Phi) is 3.81. The van der Waals surface area contributed by atoms with Gasteiger partial charge in [-0.05, 0) is 24.0 Å². The lowest BCUT2D eigenvalue weighted by molar-refractivity contribution is -0.137. The van der Waals surface area contributed by atoms with E-state index in [1.54, 1.807) is 6.07 Å². The lowest BCUT2D eigenvalue weighted by Gasteiger charge is -2.03. The highest BCUT2D eigenvalue weighted by Gasteiger charge is 2.45. The molecule has 2 aromatic rings. The van der Waals surface area contributed by atoms with Crippen molar-refractivity contribution in [2.45, 2.75) is 18.9 Å². The highest BCUT2D eigenvalue weighted by molar-refractivity contribution is 6.31. The average Bonchev–Trinajstić information content (AvgIpc) is 3.14. The first-order chi connectivity index (χ1) is 10.5. The highest BCUT2D eigenvalue weighted by Crippen LogP contribution is 2.49. The second-order valence-corrected chi connectivity index (χ2v) is 5.53. The summed E-state index contributed by atoms with van der Waals surface area (Å²) in [6.45, 7) is -0.297. The predicted molar refractivity (Wildman–Crippen MR) is 78.6 cm³/mol. The van der Waals surface area contributed by atoms with Gasteiger partial charge in [0.05, 0.1) is 0 Å². The van der Waals surface area contributed by atoms with Gasteiger partial charge in [0.1, 0.15) is 12.9 Å². The van der Waals surface area contributed by atoms with Crippen molar-refractivity contribution >= 4 is 29.4 Å². The Morgan fingerprint density at radius 1 is 1.41 bits per heavy atom. The Bertz CT molecular complexity index is 730. The van der Waals surface area contributed by atoms with Crippen LogP contribution in [-0.4, -0.2) is 31.7 Å². The number of hydrogen-bond donors (Lipinski definition) is 2. The summed E-state index contributed by atoms with van der Waals surface area (Å²) in [5, 5.41) is 15.8. The SMILES string of the molecule is O=C(O)Cn1cnc(NC(=O)C2CC2c2ccccc2Cl)n1. The van der Waals surface area contributed by atoms with Crippen LogP contribution in [0.1, 0.15) is 17.9 Å². The maximum absolute atomic E-state index is 12.1. The molecule has 22 heavy (non-hydrogen) atoms. The van der Waals surface area contributed by atoms with Crippen LogP contribution < -0.4 is 5.32 Å². The number of halogens is 1. The number of anilines is 1. The van der Waals surface area contributed by atoms with Crippen LogP contribution in [0.15, 0.2) is 30.6 Å². The van der Waals surface area contributed by atoms with E-state index in [2.05, 4.69) is 15.4 Å². The third kappa shape index (κ3) is 3.09. The summed E-state index contributed by atoms with van der Waals surface area (Å²) in [7, 11) is 0. The molecule has 3 rings (SSSR count). The number of hydrogen-bond acceptors (Lipinski definition) is 4. The number of aromatic nitrogens is 3. The van der Waals surface area contributed by atoms with Gasteiger partial charge in [-0.2, -0.15) is 0 Å². The van der Waals surface area contributed by atoms with Gasteiger partial charge in [0.2, 0.25) is 11.9 Å². The number of carbonyl (C=O) groups excluding carboxylic acids is 1. The maximum atomic E-state index is 12.1. The van der Waals surface area contributed by atoms with Crippen LogP contribution in [0.5, 0.6) is 0 Å². The van der Waals surface area contributed by atoms with Crippen LogP contribution in [0.25, 0.3) is 0 Å². The van der Waals surface area contributed by atoms with E-state index in [1.165, 1.54) is 6.33 Å². The molecule has 0 saturated heterocycles. The molecule has 2 N–H and O–H groups in total. The van der Waals surface area contributed by atoms with Crippen LogP contribution in [0.3, 0.4) is 0 Å². The van der Waals surface area contributed by atoms with E-state index in [0.717, 1.165) is 16.7 Å². The molecule has 0 bridgehead atoms. The molecular weight excluding hydrogens is 308 g/mol. The van der Waals surface area contributed by atoms with Gasteiger partial charge >= 0.3 is 5.97 Å². The smallest absolute Gasteiger partial charge is 0.325 e. The number of benzene rings is 1. The van der Waals surface area contributed by atoms with Gasteiger partial charge in [-0.3, -0.25) is 14.9 Å². The van der Waals surface area contributed by atoms with Gasteiger partial charge in [0.15, 0.2) is 0 Å². The molecule has 1 aromatic heterocycles. The molecular formula is C14H13ClN4O3. The van der Waals surface area contributed by atoms with Crippen molar-refractivity contribution in [3.8, 4) is 0 Å². The standard InChI is InChI=1S/C14H13ClN4O3/c15-11-4-2-1-3-8(11)9-5-10(9)13(22)17-14-16-7-19(18-14)6-12(20)21/h1-4,7,9-10H,5-6H2,(H,20,21)(H,17,18,22). The third-order valence-electron chi connectivity index (χ3n) is 3.50. The van der Waals surface area contributed by atoms with E-state index < -0.39 is 5.97 Å². The van der Waals surface area contributed by atoms with Gasteiger partial charge in [-0.15, -0.1) is 5.10 Å². The van der Waals surface area contributed by atoms with Gasteiger partial charge < -0.3 is 5.11 Å². The van der Waals surface area contributed by atoms with Crippen molar-refractivity contribution in [2.24, 2.45) is 5.92 Å². The van der Waals surface area contributed by atoms with Crippen molar-refractivity contribution in [3.05, 3.63) is 41.2 Å². The number of aliphatic carboxylic acids is 1. The second kappa shape index (κ2) is 5.76. The number of carboxylic acid groups (broad SMARTS) is 1. The Labute approximate surface area is 130 Å². The Morgan fingerprint density at radius 3 is 2.91 bits per heavy atom. The quantitative estimate of drug-likeness (QED) is 0.875. The van der Waals surface area contributed by atoms with E-state index in [4.69, 9.17) is 16.7 Å². The number of nitrogens with zero attached hydrogens (tertiary/aromatic N) is 3. The summed E-state index contributed by atoms with van der Waals surface area (Å²) in [5.74, 6) is -1.15. The molecule has 0 radical (unpaired) electrons. The molecule has 114 valence electrons. The molecule has 0 aliphatic heterocycles. The molecule has 7 nitrogen and oxygen atoms in total. The van der Waals surface area contributed by atoms with Crippen LogP contribution in [0.2, 0.25) is 5.02 Å². The first-order valence-electron chi connectivity index (χ1n) is 6.71. The van der Waals surface area contributed by atoms with Crippen LogP contribution in [-0.2, 0) is 16.1 Å². The normalized spacial score (nSPS) is 19.7. The first kappa shape index (κ1) is 14.5. The third-order valence-corrected chi connectivity index (χ3v) is 3.84. The van der Waals surface area contributed by atoms with Gasteiger partial charge in [0.25, 0.3) is 0 Å². The summed E-state index contributed by atoms with van der Waals surface area (Å²) in [6, 6.07) is 7.46. The lowest BCUT2D eigenvalue weighted by atomic mass is 10.1. The summed E-state index contributed by atoms with van der Waals surface area (Å²) < 4.78 is 1.15. The van der Waals surface area contributed by atoms with Crippen molar-refractivity contribution in [1.82, 2.24) is 14.8 Å². The number of amides is 1. The highest BCUT2D eigenvalue weighted by atomic mass is 35.5. The molecule has 0 spiro atoms. The molecule has 8 heteroatoms. The van der Waals surface area contributed by atoms with E-state index >= 15 is 0 Å². The molecule has 1 aromatic carbocycles. The minimum absolute atomic E-state index is 0.106. The monoisotopic (exact) mass is 320 g/mol. The minimum atomic E-state index is -1.02. The topological polar surface area (TPSA) is 97.1 Å². The van der Waals surface area contributed by atoms with E-state index in [1.807, 2.05) is 18.2 Å². The minimum Gasteiger partial charge on any atom is -0.480 e. The molecule has 2 unspecified atom stereocenters. The second-order valence-electron chi connectivity index (χ2n) is 5.12. The van der Waals surface area contributed by atoms with Gasteiger partial charge in [-0.25, -0.2) is 9.67 Å². The fourth-order valence-corrected chi connectivity index (χ4v) is 2.65. The summed E-state index contributed by atoms with van der Waals surface area (Å²) >= 11 is 6.13. The van der Waals surface area contributed by atoms with Crippen molar-refractivity contribution in [3.63, 3.8) is 0 Å². The molecule has 1 heterocycles. The number of carbonyl (C=O) groups is 2.